The van der Waals surface area contributed by atoms with E-state index in [9.17, 15) is 4.79 Å². The summed E-state index contributed by atoms with van der Waals surface area (Å²) in [5.74, 6) is 0.713. The van der Waals surface area contributed by atoms with Crippen LogP contribution in [-0.4, -0.2) is 19.1 Å². The molecule has 150 valence electrons. The van der Waals surface area contributed by atoms with Crippen molar-refractivity contribution in [1.29, 1.82) is 0 Å². The molecule has 4 rings (SSSR count). The molecule has 0 aliphatic carbocycles. The minimum atomic E-state index is -0.452. The number of ether oxygens (including phenoxy) is 3. The van der Waals surface area contributed by atoms with Gasteiger partial charge in [-0.05, 0) is 60.0 Å². The molecule has 6 heteroatoms. The number of rotatable bonds is 1. The van der Waals surface area contributed by atoms with Crippen molar-refractivity contribution in [3.8, 4) is 11.5 Å². The summed E-state index contributed by atoms with van der Waals surface area (Å²) in [5.41, 5.74) is 4.50. The monoisotopic (exact) mass is 400 g/mol. The SMILES string of the molecule is COC(=O)c1ccc2c(c1)N=C=Nc1cc(C)ccc1OCc1cccc(c1)CO2. The van der Waals surface area contributed by atoms with Crippen molar-refractivity contribution in [2.75, 3.05) is 7.11 Å². The smallest absolute Gasteiger partial charge is 0.337 e. The number of hydrogen-bond donors (Lipinski definition) is 0. The van der Waals surface area contributed by atoms with Gasteiger partial charge in [0, 0.05) is 0 Å². The number of aryl methyl sites for hydroxylation is 1. The fourth-order valence-electron chi connectivity index (χ4n) is 3.07. The molecule has 0 unspecified atom stereocenters. The van der Waals surface area contributed by atoms with Gasteiger partial charge in [-0.3, -0.25) is 0 Å². The fraction of sp³-hybridized carbons (Fsp3) is 0.167. The fourth-order valence-corrected chi connectivity index (χ4v) is 3.07. The maximum absolute atomic E-state index is 11.9. The summed E-state index contributed by atoms with van der Waals surface area (Å²) >= 11 is 0. The maximum Gasteiger partial charge on any atom is 0.337 e. The Morgan fingerprint density at radius 2 is 1.53 bits per heavy atom. The molecule has 0 N–H and O–H groups in total. The van der Waals surface area contributed by atoms with Crippen LogP contribution in [0.25, 0.3) is 0 Å². The van der Waals surface area contributed by atoms with Gasteiger partial charge in [-0.1, -0.05) is 24.3 Å². The molecule has 3 aromatic carbocycles. The third-order valence-corrected chi connectivity index (χ3v) is 4.62. The van der Waals surface area contributed by atoms with Crippen molar-refractivity contribution < 1.29 is 19.0 Å². The van der Waals surface area contributed by atoms with Crippen molar-refractivity contribution in [3.63, 3.8) is 0 Å². The van der Waals surface area contributed by atoms with Crippen molar-refractivity contribution >= 4 is 23.4 Å². The normalized spacial score (nSPS) is 12.6. The number of carbonyl (C=O) groups is 1. The largest absolute Gasteiger partial charge is 0.487 e. The molecule has 0 radical (unpaired) electrons. The molecular weight excluding hydrogens is 380 g/mol. The van der Waals surface area contributed by atoms with E-state index in [0.29, 0.717) is 41.7 Å². The predicted molar refractivity (Wildman–Crippen MR) is 113 cm³/mol. The van der Waals surface area contributed by atoms with Crippen LogP contribution in [0.5, 0.6) is 11.5 Å². The molecule has 2 bridgehead atoms. The summed E-state index contributed by atoms with van der Waals surface area (Å²) in [4.78, 5) is 20.6. The quantitative estimate of drug-likeness (QED) is 0.514. The first-order valence-corrected chi connectivity index (χ1v) is 9.45. The number of aliphatic imine (C=N–C) groups is 2. The number of esters is 1. The summed E-state index contributed by atoms with van der Waals surface area (Å²) in [5, 5.41) is 0. The zero-order valence-electron chi connectivity index (χ0n) is 16.7. The summed E-state index contributed by atoms with van der Waals surface area (Å²) in [7, 11) is 1.34. The molecule has 0 atom stereocenters. The number of hydrogen-bond acceptors (Lipinski definition) is 6. The summed E-state index contributed by atoms with van der Waals surface area (Å²) in [6.45, 7) is 2.74. The van der Waals surface area contributed by atoms with Gasteiger partial charge in [0.2, 0.25) is 0 Å². The van der Waals surface area contributed by atoms with E-state index in [2.05, 4.69) is 16.0 Å². The lowest BCUT2D eigenvalue weighted by molar-refractivity contribution is 0.0600. The third-order valence-electron chi connectivity index (χ3n) is 4.62. The van der Waals surface area contributed by atoms with Crippen LogP contribution in [0.2, 0.25) is 0 Å². The molecular formula is C24H20N2O4. The van der Waals surface area contributed by atoms with Crippen LogP contribution in [0.4, 0.5) is 11.4 Å². The minimum absolute atomic E-state index is 0.348. The highest BCUT2D eigenvalue weighted by Crippen LogP contribution is 2.32. The Balaban J connectivity index is 1.82. The Morgan fingerprint density at radius 1 is 0.900 bits per heavy atom. The average Bonchev–Trinajstić information content (AvgIpc) is 2.77. The highest BCUT2D eigenvalue weighted by Gasteiger charge is 2.12. The molecule has 30 heavy (non-hydrogen) atoms. The summed E-state index contributed by atoms with van der Waals surface area (Å²) < 4.78 is 16.7. The van der Waals surface area contributed by atoms with Gasteiger partial charge >= 0.3 is 5.97 Å². The third kappa shape index (κ3) is 4.40. The average molecular weight is 400 g/mol. The van der Waals surface area contributed by atoms with Crippen LogP contribution >= 0.6 is 0 Å². The molecule has 0 fully saturated rings. The van der Waals surface area contributed by atoms with Gasteiger partial charge in [0.15, 0.2) is 0 Å². The molecule has 1 aliphatic rings. The first-order valence-electron chi connectivity index (χ1n) is 9.45. The Hall–Kier alpha value is -3.89. The number of nitrogens with zero attached hydrogens (tertiary/aromatic N) is 2. The van der Waals surface area contributed by atoms with Crippen molar-refractivity contribution in [2.24, 2.45) is 9.98 Å². The molecule has 0 aromatic heterocycles. The van der Waals surface area contributed by atoms with Gasteiger partial charge in [-0.25, -0.2) is 4.79 Å². The van der Waals surface area contributed by atoms with Crippen molar-refractivity contribution in [2.45, 2.75) is 20.1 Å². The van der Waals surface area contributed by atoms with E-state index in [0.717, 1.165) is 16.7 Å². The first-order chi connectivity index (χ1) is 14.6. The molecule has 0 amide bonds. The van der Waals surface area contributed by atoms with E-state index in [1.54, 1.807) is 18.2 Å². The molecule has 6 nitrogen and oxygen atoms in total. The number of benzene rings is 3. The van der Waals surface area contributed by atoms with Gasteiger partial charge in [-0.2, -0.15) is 9.98 Å². The van der Waals surface area contributed by atoms with Gasteiger partial charge in [0.05, 0.1) is 12.7 Å². The lowest BCUT2D eigenvalue weighted by Crippen LogP contribution is -2.02. The molecule has 0 saturated heterocycles. The Kier molecular flexibility index (Phi) is 5.59. The van der Waals surface area contributed by atoms with E-state index in [1.807, 2.05) is 49.4 Å². The van der Waals surface area contributed by atoms with Crippen molar-refractivity contribution in [3.05, 3.63) is 82.9 Å². The van der Waals surface area contributed by atoms with Gasteiger partial charge in [0.25, 0.3) is 0 Å². The topological polar surface area (TPSA) is 69.5 Å². The van der Waals surface area contributed by atoms with E-state index in [4.69, 9.17) is 14.2 Å². The first kappa shape index (κ1) is 19.4. The van der Waals surface area contributed by atoms with Crippen LogP contribution in [0, 0.1) is 6.92 Å². The highest BCUT2D eigenvalue weighted by atomic mass is 16.5. The predicted octanol–water partition coefficient (Wildman–Crippen LogP) is 5.39. The number of fused-ring (bicyclic) bond motifs is 4. The highest BCUT2D eigenvalue weighted by molar-refractivity contribution is 5.91. The van der Waals surface area contributed by atoms with Crippen molar-refractivity contribution in [1.82, 2.24) is 0 Å². The van der Waals surface area contributed by atoms with E-state index >= 15 is 0 Å². The lowest BCUT2D eigenvalue weighted by atomic mass is 10.1. The maximum atomic E-state index is 11.9. The standard InChI is InChI=1S/C24H20N2O4/c1-16-6-8-22-20(10-16)25-15-26-21-12-19(24(27)28-2)7-9-23(21)30-14-18-5-3-4-17(11-18)13-29-22/h3-12H,13-14H2,1-2H3. The van der Waals surface area contributed by atoms with E-state index in [-0.39, 0.29) is 0 Å². The Labute approximate surface area is 174 Å². The minimum Gasteiger partial charge on any atom is -0.487 e. The van der Waals surface area contributed by atoms with Crippen LogP contribution in [0.1, 0.15) is 27.0 Å². The molecule has 1 aliphatic heterocycles. The molecule has 1 heterocycles. The zero-order valence-corrected chi connectivity index (χ0v) is 16.7. The van der Waals surface area contributed by atoms with Gasteiger partial charge in [0.1, 0.15) is 42.1 Å². The van der Waals surface area contributed by atoms with E-state index in [1.165, 1.54) is 7.11 Å². The van der Waals surface area contributed by atoms with Crippen LogP contribution < -0.4 is 9.47 Å². The lowest BCUT2D eigenvalue weighted by Gasteiger charge is -2.12. The Morgan fingerprint density at radius 3 is 2.20 bits per heavy atom. The second kappa shape index (κ2) is 8.64. The second-order valence-electron chi connectivity index (χ2n) is 6.87. The van der Waals surface area contributed by atoms with E-state index < -0.39 is 5.97 Å². The van der Waals surface area contributed by atoms with Gasteiger partial charge in [-0.15, -0.1) is 0 Å². The molecule has 0 saturated carbocycles. The summed E-state index contributed by atoms with van der Waals surface area (Å²) in [6.07, 6.45) is 0. The van der Waals surface area contributed by atoms with Crippen LogP contribution in [-0.2, 0) is 18.0 Å². The van der Waals surface area contributed by atoms with Crippen LogP contribution in [0.3, 0.4) is 0 Å². The van der Waals surface area contributed by atoms with Crippen LogP contribution in [0.15, 0.2) is 70.6 Å². The molecule has 3 aromatic rings. The summed E-state index contributed by atoms with van der Waals surface area (Å²) in [6, 6.07) is 21.4. The zero-order chi connectivity index (χ0) is 20.9. The second-order valence-corrected chi connectivity index (χ2v) is 6.87. The molecule has 0 spiro atoms. The number of carbonyl (C=O) groups excluding carboxylic acids is 1. The number of methoxy groups -OCH3 is 1. The Bertz CT molecular complexity index is 1160. The van der Waals surface area contributed by atoms with Gasteiger partial charge < -0.3 is 14.2 Å².